The predicted molar refractivity (Wildman–Crippen MR) is 73.1 cm³/mol. The van der Waals surface area contributed by atoms with Crippen LogP contribution in [0.3, 0.4) is 0 Å². The number of aliphatic carboxylic acids is 1. The molecule has 0 unspecified atom stereocenters. The van der Waals surface area contributed by atoms with Crippen LogP contribution in [0.15, 0.2) is 18.2 Å². The van der Waals surface area contributed by atoms with E-state index in [1.807, 2.05) is 0 Å². The van der Waals surface area contributed by atoms with Crippen LogP contribution in [0.2, 0.25) is 0 Å². The summed E-state index contributed by atoms with van der Waals surface area (Å²) < 4.78 is 39.2. The van der Waals surface area contributed by atoms with Gasteiger partial charge < -0.3 is 10.0 Å². The topological polar surface area (TPSA) is 57.6 Å². The van der Waals surface area contributed by atoms with Gasteiger partial charge in [-0.3, -0.25) is 4.21 Å². The smallest absolute Gasteiger partial charge is 0.328 e. The minimum absolute atomic E-state index is 0.144. The molecular weight excluding hydrogens is 288 g/mol. The first kappa shape index (κ1) is 14.6. The summed E-state index contributed by atoms with van der Waals surface area (Å²) in [6.07, 6.45) is 1.95. The maximum atomic E-state index is 14.0. The third-order valence-corrected chi connectivity index (χ3v) is 4.23. The van der Waals surface area contributed by atoms with Crippen LogP contribution in [0.4, 0.5) is 14.5 Å². The van der Waals surface area contributed by atoms with E-state index >= 15 is 0 Å². The molecule has 1 aliphatic heterocycles. The second kappa shape index (κ2) is 6.13. The van der Waals surface area contributed by atoms with Gasteiger partial charge in [0.25, 0.3) is 0 Å². The number of carboxylic acids is 1. The standard InChI is InChI=1S/C13H13F2NO3S/c14-10-7-9(1-2-12(17)18)8-11(15)13(10)16-3-5-20(19)6-4-16/h1-2,7-8H,3-6H2,(H,17,18). The molecule has 7 heteroatoms. The largest absolute Gasteiger partial charge is 0.478 e. The Morgan fingerprint density at radius 3 is 2.30 bits per heavy atom. The number of anilines is 1. The minimum Gasteiger partial charge on any atom is -0.478 e. The predicted octanol–water partition coefficient (Wildman–Crippen LogP) is 1.63. The first-order valence-electron chi connectivity index (χ1n) is 5.97. The molecule has 0 saturated carbocycles. The lowest BCUT2D eigenvalue weighted by Gasteiger charge is -2.29. The summed E-state index contributed by atoms with van der Waals surface area (Å²) in [5, 5.41) is 8.49. The summed E-state index contributed by atoms with van der Waals surface area (Å²) in [4.78, 5) is 11.9. The van der Waals surface area contributed by atoms with Crippen molar-refractivity contribution in [3.8, 4) is 0 Å². The number of benzene rings is 1. The molecule has 0 radical (unpaired) electrons. The van der Waals surface area contributed by atoms with Crippen molar-refractivity contribution < 1.29 is 22.9 Å². The van der Waals surface area contributed by atoms with Gasteiger partial charge in [-0.2, -0.15) is 0 Å². The van der Waals surface area contributed by atoms with Gasteiger partial charge in [0.05, 0.1) is 0 Å². The first-order chi connectivity index (χ1) is 9.47. The molecule has 0 aliphatic carbocycles. The lowest BCUT2D eigenvalue weighted by atomic mass is 10.1. The molecule has 1 aromatic carbocycles. The number of hydrogen-bond acceptors (Lipinski definition) is 3. The monoisotopic (exact) mass is 301 g/mol. The van der Waals surface area contributed by atoms with Crippen molar-refractivity contribution in [2.24, 2.45) is 0 Å². The van der Waals surface area contributed by atoms with Crippen LogP contribution in [-0.2, 0) is 15.6 Å². The average Bonchev–Trinajstić information content (AvgIpc) is 2.38. The van der Waals surface area contributed by atoms with E-state index in [2.05, 4.69) is 0 Å². The van der Waals surface area contributed by atoms with Crippen molar-refractivity contribution in [1.29, 1.82) is 0 Å². The molecule has 1 fully saturated rings. The quantitative estimate of drug-likeness (QED) is 0.862. The number of carbonyl (C=O) groups is 1. The Morgan fingerprint density at radius 2 is 1.80 bits per heavy atom. The molecule has 2 rings (SSSR count). The zero-order valence-electron chi connectivity index (χ0n) is 10.5. The summed E-state index contributed by atoms with van der Waals surface area (Å²) in [5.41, 5.74) is 0.000843. The number of hydrogen-bond donors (Lipinski definition) is 1. The average molecular weight is 301 g/mol. The Hall–Kier alpha value is -1.76. The molecule has 0 amide bonds. The molecule has 1 saturated heterocycles. The molecule has 0 bridgehead atoms. The van der Waals surface area contributed by atoms with Crippen molar-refractivity contribution in [3.05, 3.63) is 35.4 Å². The van der Waals surface area contributed by atoms with Crippen LogP contribution in [0, 0.1) is 11.6 Å². The van der Waals surface area contributed by atoms with E-state index in [-0.39, 0.29) is 11.3 Å². The van der Waals surface area contributed by atoms with Crippen molar-refractivity contribution >= 4 is 28.5 Å². The SMILES string of the molecule is O=C(O)C=Cc1cc(F)c(N2CCS(=O)CC2)c(F)c1. The lowest BCUT2D eigenvalue weighted by molar-refractivity contribution is -0.131. The number of nitrogens with zero attached hydrogens (tertiary/aromatic N) is 1. The van der Waals surface area contributed by atoms with Crippen LogP contribution in [-0.4, -0.2) is 39.9 Å². The van der Waals surface area contributed by atoms with E-state index in [1.165, 1.54) is 4.90 Å². The molecule has 1 N–H and O–H groups in total. The number of carboxylic acid groups (broad SMARTS) is 1. The summed E-state index contributed by atoms with van der Waals surface area (Å²) >= 11 is 0. The van der Waals surface area contributed by atoms with Gasteiger partial charge in [-0.1, -0.05) is 0 Å². The van der Waals surface area contributed by atoms with E-state index in [1.54, 1.807) is 0 Å². The maximum absolute atomic E-state index is 14.0. The van der Waals surface area contributed by atoms with E-state index in [4.69, 9.17) is 5.11 Å². The van der Waals surface area contributed by atoms with Gasteiger partial charge in [0.15, 0.2) is 0 Å². The van der Waals surface area contributed by atoms with Crippen LogP contribution in [0.5, 0.6) is 0 Å². The normalized spacial score (nSPS) is 16.8. The Balaban J connectivity index is 2.27. The van der Waals surface area contributed by atoms with Gasteiger partial charge in [0, 0.05) is 41.5 Å². The Labute approximate surface area is 117 Å². The van der Waals surface area contributed by atoms with Crippen molar-refractivity contribution in [1.82, 2.24) is 0 Å². The van der Waals surface area contributed by atoms with Crippen LogP contribution in [0.1, 0.15) is 5.56 Å². The third-order valence-electron chi connectivity index (χ3n) is 2.95. The van der Waals surface area contributed by atoms with E-state index < -0.39 is 28.4 Å². The van der Waals surface area contributed by atoms with Gasteiger partial charge in [-0.25, -0.2) is 13.6 Å². The summed E-state index contributed by atoms with van der Waals surface area (Å²) in [6.45, 7) is 0.676. The Morgan fingerprint density at radius 1 is 1.25 bits per heavy atom. The van der Waals surface area contributed by atoms with E-state index in [0.29, 0.717) is 24.6 Å². The number of halogens is 2. The molecule has 1 aliphatic rings. The van der Waals surface area contributed by atoms with E-state index in [9.17, 15) is 17.8 Å². The molecule has 1 heterocycles. The molecular formula is C13H13F2NO3S. The first-order valence-corrected chi connectivity index (χ1v) is 7.46. The van der Waals surface area contributed by atoms with Gasteiger partial charge in [0.2, 0.25) is 0 Å². The minimum atomic E-state index is -1.19. The van der Waals surface area contributed by atoms with Crippen LogP contribution in [0.25, 0.3) is 6.08 Å². The fourth-order valence-corrected chi connectivity index (χ4v) is 3.06. The molecule has 1 aromatic rings. The van der Waals surface area contributed by atoms with Crippen molar-refractivity contribution in [3.63, 3.8) is 0 Å². The second-order valence-corrected chi connectivity index (χ2v) is 6.04. The number of rotatable bonds is 3. The molecule has 20 heavy (non-hydrogen) atoms. The van der Waals surface area contributed by atoms with Crippen molar-refractivity contribution in [2.45, 2.75) is 0 Å². The van der Waals surface area contributed by atoms with Gasteiger partial charge >= 0.3 is 5.97 Å². The Bertz CT molecular complexity index is 556. The lowest BCUT2D eigenvalue weighted by Crippen LogP contribution is -2.38. The molecule has 4 nitrogen and oxygen atoms in total. The van der Waals surface area contributed by atoms with Crippen LogP contribution >= 0.6 is 0 Å². The maximum Gasteiger partial charge on any atom is 0.328 e. The van der Waals surface area contributed by atoms with Gasteiger partial charge in [-0.05, 0) is 23.8 Å². The summed E-state index contributed by atoms with van der Waals surface area (Å²) in [5.74, 6) is -1.90. The second-order valence-electron chi connectivity index (χ2n) is 4.34. The molecule has 0 atom stereocenters. The molecule has 108 valence electrons. The van der Waals surface area contributed by atoms with E-state index in [0.717, 1.165) is 24.3 Å². The fourth-order valence-electron chi connectivity index (χ4n) is 2.01. The summed E-state index contributed by atoms with van der Waals surface area (Å²) in [7, 11) is -0.924. The summed E-state index contributed by atoms with van der Waals surface area (Å²) in [6, 6.07) is 2.17. The van der Waals surface area contributed by atoms with Crippen LogP contribution < -0.4 is 4.90 Å². The highest BCUT2D eigenvalue weighted by molar-refractivity contribution is 7.85. The van der Waals surface area contributed by atoms with Gasteiger partial charge in [0.1, 0.15) is 17.3 Å². The van der Waals surface area contributed by atoms with Gasteiger partial charge in [-0.15, -0.1) is 0 Å². The highest BCUT2D eigenvalue weighted by atomic mass is 32.2. The zero-order valence-corrected chi connectivity index (χ0v) is 11.3. The Kier molecular flexibility index (Phi) is 4.49. The third kappa shape index (κ3) is 3.41. The molecule has 0 aromatic heterocycles. The highest BCUT2D eigenvalue weighted by Crippen LogP contribution is 2.26. The van der Waals surface area contributed by atoms with Crippen molar-refractivity contribution in [2.75, 3.05) is 29.5 Å². The molecule has 0 spiro atoms. The highest BCUT2D eigenvalue weighted by Gasteiger charge is 2.22. The fraction of sp³-hybridized carbons (Fsp3) is 0.308. The zero-order chi connectivity index (χ0) is 14.7.